The van der Waals surface area contributed by atoms with Gasteiger partial charge in [0.2, 0.25) is 10.0 Å². The van der Waals surface area contributed by atoms with Crippen molar-refractivity contribution in [2.75, 3.05) is 13.2 Å². The first-order valence-electron chi connectivity index (χ1n) is 11.4. The van der Waals surface area contributed by atoms with Crippen LogP contribution in [0.3, 0.4) is 0 Å². The Kier molecular flexibility index (Phi) is 7.50. The molecule has 1 saturated heterocycles. The van der Waals surface area contributed by atoms with Gasteiger partial charge in [-0.3, -0.25) is 4.79 Å². The number of carbonyl (C=O) groups is 1. The summed E-state index contributed by atoms with van der Waals surface area (Å²) in [4.78, 5) is 13.3. The molecule has 1 aliphatic heterocycles. The molecule has 1 fully saturated rings. The number of aromatic nitrogens is 1. The number of carbonyl (C=O) groups excluding carboxylic acids is 1. The van der Waals surface area contributed by atoms with Gasteiger partial charge in [-0.25, -0.2) is 8.42 Å². The van der Waals surface area contributed by atoms with Crippen LogP contribution in [0.5, 0.6) is 0 Å². The van der Waals surface area contributed by atoms with Crippen molar-refractivity contribution in [3.05, 3.63) is 88.5 Å². The zero-order valence-electron chi connectivity index (χ0n) is 19.5. The fourth-order valence-corrected chi connectivity index (χ4v) is 5.33. The Hall–Kier alpha value is -2.94. The standard InChI is InChI=1S/C26H30N2O5S/c1-20-16-25(21(2)28(20)18-24-11-7-14-33-24)26(29)19-27(17-23-10-6-13-32-23)34(30,31)15-12-22-8-4-3-5-9-22/h3-6,8-10,12-13,15-16,24H,7,11,14,17-19H2,1-2H3/b15-12+. The Balaban J connectivity index is 1.56. The van der Waals surface area contributed by atoms with Crippen molar-refractivity contribution in [2.45, 2.75) is 45.9 Å². The molecule has 3 heterocycles. The molecule has 0 aliphatic carbocycles. The minimum atomic E-state index is -3.89. The number of sulfonamides is 1. The fourth-order valence-electron chi connectivity index (χ4n) is 4.23. The van der Waals surface area contributed by atoms with Gasteiger partial charge in [0.15, 0.2) is 5.78 Å². The van der Waals surface area contributed by atoms with Crippen molar-refractivity contribution in [1.29, 1.82) is 0 Å². The molecule has 0 amide bonds. The molecule has 2 aromatic heterocycles. The quantitative estimate of drug-likeness (QED) is 0.396. The maximum Gasteiger partial charge on any atom is 0.237 e. The number of furan rings is 1. The van der Waals surface area contributed by atoms with Gasteiger partial charge in [-0.2, -0.15) is 4.31 Å². The summed E-state index contributed by atoms with van der Waals surface area (Å²) >= 11 is 0. The number of ether oxygens (including phenoxy) is 1. The number of Topliss-reactive ketones (excluding diaryl/α,β-unsaturated/α-hetero) is 1. The third kappa shape index (κ3) is 5.75. The third-order valence-corrected chi connectivity index (χ3v) is 7.57. The lowest BCUT2D eigenvalue weighted by molar-refractivity contribution is 0.0945. The van der Waals surface area contributed by atoms with Crippen LogP contribution in [0.4, 0.5) is 0 Å². The Morgan fingerprint density at radius 3 is 2.65 bits per heavy atom. The molecule has 7 nitrogen and oxygen atoms in total. The third-order valence-electron chi connectivity index (χ3n) is 6.11. The monoisotopic (exact) mass is 482 g/mol. The lowest BCUT2D eigenvalue weighted by Crippen LogP contribution is -2.34. The summed E-state index contributed by atoms with van der Waals surface area (Å²) in [6.45, 7) is 5.00. The second-order valence-electron chi connectivity index (χ2n) is 8.56. The van der Waals surface area contributed by atoms with E-state index >= 15 is 0 Å². The van der Waals surface area contributed by atoms with Gasteiger partial charge >= 0.3 is 0 Å². The molecular formula is C26H30N2O5S. The highest BCUT2D eigenvalue weighted by atomic mass is 32.2. The molecular weight excluding hydrogens is 452 g/mol. The summed E-state index contributed by atoms with van der Waals surface area (Å²) in [5.41, 5.74) is 3.07. The Bertz CT molecular complexity index is 1240. The number of ketones is 1. The second-order valence-corrected chi connectivity index (χ2v) is 10.4. The van der Waals surface area contributed by atoms with Gasteiger partial charge in [-0.15, -0.1) is 0 Å². The molecule has 0 spiro atoms. The van der Waals surface area contributed by atoms with E-state index in [0.717, 1.165) is 46.1 Å². The average molecular weight is 483 g/mol. The van der Waals surface area contributed by atoms with E-state index in [1.807, 2.05) is 50.2 Å². The van der Waals surface area contributed by atoms with Crippen LogP contribution in [0.15, 0.2) is 64.6 Å². The normalized spacial score (nSPS) is 16.6. The van der Waals surface area contributed by atoms with Gasteiger partial charge in [0, 0.05) is 35.5 Å². The second kappa shape index (κ2) is 10.5. The zero-order valence-corrected chi connectivity index (χ0v) is 20.3. The minimum absolute atomic E-state index is 0.0329. The molecule has 1 aromatic carbocycles. The van der Waals surface area contributed by atoms with E-state index in [9.17, 15) is 13.2 Å². The summed E-state index contributed by atoms with van der Waals surface area (Å²) in [6, 6.07) is 14.4. The van der Waals surface area contributed by atoms with E-state index in [2.05, 4.69) is 4.57 Å². The molecule has 1 aliphatic rings. The molecule has 180 valence electrons. The molecule has 3 aromatic rings. The van der Waals surface area contributed by atoms with Gasteiger partial charge in [0.25, 0.3) is 0 Å². The SMILES string of the molecule is Cc1cc(C(=O)CN(Cc2ccco2)S(=O)(=O)/C=C/c2ccccc2)c(C)n1CC1CCCO1. The molecule has 1 unspecified atom stereocenters. The van der Waals surface area contributed by atoms with Crippen LogP contribution >= 0.6 is 0 Å². The van der Waals surface area contributed by atoms with Crippen LogP contribution in [-0.4, -0.2) is 42.3 Å². The first-order valence-corrected chi connectivity index (χ1v) is 12.9. The smallest absolute Gasteiger partial charge is 0.237 e. The van der Waals surface area contributed by atoms with Crippen molar-refractivity contribution in [3.63, 3.8) is 0 Å². The van der Waals surface area contributed by atoms with Crippen LogP contribution in [0.25, 0.3) is 6.08 Å². The number of rotatable bonds is 10. The molecule has 8 heteroatoms. The van der Waals surface area contributed by atoms with E-state index in [1.54, 1.807) is 12.1 Å². The van der Waals surface area contributed by atoms with E-state index in [4.69, 9.17) is 9.15 Å². The van der Waals surface area contributed by atoms with Crippen LogP contribution in [0, 0.1) is 13.8 Å². The topological polar surface area (TPSA) is 81.8 Å². The van der Waals surface area contributed by atoms with Crippen LogP contribution in [0.1, 0.15) is 45.9 Å². The summed E-state index contributed by atoms with van der Waals surface area (Å²) in [6.07, 6.45) is 5.21. The van der Waals surface area contributed by atoms with E-state index in [-0.39, 0.29) is 25.0 Å². The minimum Gasteiger partial charge on any atom is -0.468 e. The van der Waals surface area contributed by atoms with Crippen molar-refractivity contribution in [1.82, 2.24) is 8.87 Å². The molecule has 4 rings (SSSR count). The zero-order chi connectivity index (χ0) is 24.1. The fraction of sp³-hybridized carbons (Fsp3) is 0.346. The lowest BCUT2D eigenvalue weighted by Gasteiger charge is -2.19. The van der Waals surface area contributed by atoms with Gasteiger partial charge in [-0.05, 0) is 56.5 Å². The van der Waals surface area contributed by atoms with Gasteiger partial charge in [-0.1, -0.05) is 30.3 Å². The molecule has 1 atom stereocenters. The first kappa shape index (κ1) is 24.2. The first-order chi connectivity index (χ1) is 16.3. The van der Waals surface area contributed by atoms with Crippen molar-refractivity contribution >= 4 is 21.9 Å². The van der Waals surface area contributed by atoms with Crippen LogP contribution in [0.2, 0.25) is 0 Å². The lowest BCUT2D eigenvalue weighted by atomic mass is 10.1. The van der Waals surface area contributed by atoms with Gasteiger partial charge < -0.3 is 13.7 Å². The molecule has 0 saturated carbocycles. The van der Waals surface area contributed by atoms with Gasteiger partial charge in [0.1, 0.15) is 5.76 Å². The van der Waals surface area contributed by atoms with Crippen LogP contribution in [-0.2, 0) is 27.8 Å². The van der Waals surface area contributed by atoms with E-state index in [0.29, 0.717) is 17.9 Å². The van der Waals surface area contributed by atoms with Crippen molar-refractivity contribution in [3.8, 4) is 0 Å². The number of benzene rings is 1. The van der Waals surface area contributed by atoms with Crippen LogP contribution < -0.4 is 0 Å². The van der Waals surface area contributed by atoms with E-state index in [1.165, 1.54) is 12.3 Å². The Morgan fingerprint density at radius 1 is 1.18 bits per heavy atom. The van der Waals surface area contributed by atoms with Crippen molar-refractivity contribution in [2.24, 2.45) is 0 Å². The predicted octanol–water partition coefficient (Wildman–Crippen LogP) is 4.56. The number of hydrogen-bond donors (Lipinski definition) is 0. The highest BCUT2D eigenvalue weighted by molar-refractivity contribution is 7.92. The largest absolute Gasteiger partial charge is 0.468 e. The summed E-state index contributed by atoms with van der Waals surface area (Å²) < 4.78 is 40.8. The molecule has 0 radical (unpaired) electrons. The summed E-state index contributed by atoms with van der Waals surface area (Å²) in [5.74, 6) is 0.211. The number of aryl methyl sites for hydroxylation is 1. The molecule has 34 heavy (non-hydrogen) atoms. The Labute approximate surface area is 200 Å². The highest BCUT2D eigenvalue weighted by Crippen LogP contribution is 2.22. The number of nitrogens with zero attached hydrogens (tertiary/aromatic N) is 2. The maximum absolute atomic E-state index is 13.3. The summed E-state index contributed by atoms with van der Waals surface area (Å²) in [7, 11) is -3.89. The predicted molar refractivity (Wildman–Crippen MR) is 131 cm³/mol. The van der Waals surface area contributed by atoms with Gasteiger partial charge in [0.05, 0.1) is 25.5 Å². The van der Waals surface area contributed by atoms with E-state index < -0.39 is 10.0 Å². The highest BCUT2D eigenvalue weighted by Gasteiger charge is 2.27. The maximum atomic E-state index is 13.3. The summed E-state index contributed by atoms with van der Waals surface area (Å²) in [5, 5.41) is 1.14. The Morgan fingerprint density at radius 2 is 1.97 bits per heavy atom. The molecule has 0 N–H and O–H groups in total. The number of hydrogen-bond acceptors (Lipinski definition) is 5. The average Bonchev–Trinajstić information content (AvgIpc) is 3.58. The molecule has 0 bridgehead atoms. The van der Waals surface area contributed by atoms with Crippen molar-refractivity contribution < 1.29 is 22.4 Å².